The zero-order chi connectivity index (χ0) is 20.2. The van der Waals surface area contributed by atoms with Gasteiger partial charge in [-0.1, -0.05) is 18.2 Å². The minimum Gasteiger partial charge on any atom is -0.497 e. The number of rotatable bonds is 5. The average Bonchev–Trinajstić information content (AvgIpc) is 3.22. The van der Waals surface area contributed by atoms with Gasteiger partial charge in [-0.25, -0.2) is 9.97 Å². The van der Waals surface area contributed by atoms with Crippen molar-refractivity contribution in [3.8, 4) is 5.75 Å². The van der Waals surface area contributed by atoms with Gasteiger partial charge in [-0.05, 0) is 49.6 Å². The van der Waals surface area contributed by atoms with E-state index in [1.54, 1.807) is 19.4 Å². The summed E-state index contributed by atoms with van der Waals surface area (Å²) in [6, 6.07) is 13.5. The molecule has 6 nitrogen and oxygen atoms in total. The predicted molar refractivity (Wildman–Crippen MR) is 109 cm³/mol. The molecule has 1 saturated heterocycles. The molecule has 0 N–H and O–H groups in total. The van der Waals surface area contributed by atoms with Crippen LogP contribution in [0.5, 0.6) is 5.75 Å². The van der Waals surface area contributed by atoms with Crippen LogP contribution in [0.2, 0.25) is 0 Å². The lowest BCUT2D eigenvalue weighted by atomic mass is 9.97. The highest BCUT2D eigenvalue weighted by atomic mass is 16.5. The number of nitrogens with zero attached hydrogens (tertiary/aromatic N) is 3. The second kappa shape index (κ2) is 8.47. The molecule has 150 valence electrons. The minimum atomic E-state index is -0.0263. The highest BCUT2D eigenvalue weighted by Gasteiger charge is 2.29. The van der Waals surface area contributed by atoms with Gasteiger partial charge in [0.05, 0.1) is 19.2 Å². The van der Waals surface area contributed by atoms with Crippen LogP contribution in [-0.4, -0.2) is 41.0 Å². The Hall–Kier alpha value is -3.15. The highest BCUT2D eigenvalue weighted by Crippen LogP contribution is 2.28. The molecule has 1 aromatic carbocycles. The van der Waals surface area contributed by atoms with Gasteiger partial charge in [0.2, 0.25) is 0 Å². The number of ether oxygens (including phenoxy) is 1. The van der Waals surface area contributed by atoms with Gasteiger partial charge in [-0.2, -0.15) is 0 Å². The molecule has 1 aliphatic rings. The molecule has 0 unspecified atom stereocenters. The van der Waals surface area contributed by atoms with Crippen LogP contribution in [-0.2, 0) is 6.42 Å². The molecule has 1 atom stereocenters. The average molecular weight is 391 g/mol. The van der Waals surface area contributed by atoms with Crippen LogP contribution in [0.4, 0.5) is 0 Å². The number of likely N-dealkylation sites (tertiary alicyclic amines) is 1. The fraction of sp³-hybridized carbons (Fsp3) is 0.348. The number of amides is 1. The molecule has 0 aliphatic carbocycles. The molecule has 0 saturated carbocycles. The standard InChI is InChI=1S/C23H25N3O3/c1-16-6-3-10-21(25-16)23(27)26-11-5-8-18(15-26)22-24-14-20(29-22)13-17-7-4-9-19(12-17)28-2/h3-4,6-7,9-10,12,14,18H,5,8,11,13,15H2,1-2H3/t18-/m0/s1. The Morgan fingerprint density at radius 2 is 2.14 bits per heavy atom. The van der Waals surface area contributed by atoms with Gasteiger partial charge < -0.3 is 14.1 Å². The zero-order valence-electron chi connectivity index (χ0n) is 16.8. The summed E-state index contributed by atoms with van der Waals surface area (Å²) >= 11 is 0. The topological polar surface area (TPSA) is 68.5 Å². The number of hydrogen-bond acceptors (Lipinski definition) is 5. The maximum absolute atomic E-state index is 12.8. The van der Waals surface area contributed by atoms with E-state index >= 15 is 0 Å². The first-order chi connectivity index (χ1) is 14.1. The van der Waals surface area contributed by atoms with Crippen LogP contribution >= 0.6 is 0 Å². The number of hydrogen-bond donors (Lipinski definition) is 0. The highest BCUT2D eigenvalue weighted by molar-refractivity contribution is 5.92. The number of pyridine rings is 1. The fourth-order valence-electron chi connectivity index (χ4n) is 3.76. The molecule has 0 spiro atoms. The minimum absolute atomic E-state index is 0.0263. The van der Waals surface area contributed by atoms with E-state index in [1.807, 2.05) is 48.2 Å². The second-order valence-corrected chi connectivity index (χ2v) is 7.45. The van der Waals surface area contributed by atoms with Crippen molar-refractivity contribution in [2.24, 2.45) is 0 Å². The van der Waals surface area contributed by atoms with Crippen molar-refractivity contribution in [1.29, 1.82) is 0 Å². The number of methoxy groups -OCH3 is 1. The molecular weight excluding hydrogens is 366 g/mol. The molecule has 2 aromatic heterocycles. The van der Waals surface area contributed by atoms with Crippen molar-refractivity contribution in [2.75, 3.05) is 20.2 Å². The predicted octanol–water partition coefficient (Wildman–Crippen LogP) is 4.00. The Labute approximate surface area is 170 Å². The molecular formula is C23H25N3O3. The SMILES string of the molecule is COc1cccc(Cc2cnc([C@H]3CCCN(C(=O)c4cccc(C)n4)C3)o2)c1. The van der Waals surface area contributed by atoms with E-state index in [9.17, 15) is 4.79 Å². The van der Waals surface area contributed by atoms with E-state index in [-0.39, 0.29) is 11.8 Å². The van der Waals surface area contributed by atoms with E-state index in [4.69, 9.17) is 9.15 Å². The smallest absolute Gasteiger partial charge is 0.272 e. The Kier molecular flexibility index (Phi) is 5.60. The summed E-state index contributed by atoms with van der Waals surface area (Å²) in [5.41, 5.74) is 2.45. The molecule has 1 aliphatic heterocycles. The number of aryl methyl sites for hydroxylation is 1. The summed E-state index contributed by atoms with van der Waals surface area (Å²) in [5.74, 6) is 2.43. The van der Waals surface area contributed by atoms with Gasteiger partial charge in [0, 0.05) is 25.2 Å². The van der Waals surface area contributed by atoms with E-state index in [2.05, 4.69) is 9.97 Å². The third kappa shape index (κ3) is 4.47. The third-order valence-electron chi connectivity index (χ3n) is 5.25. The normalized spacial score (nSPS) is 16.6. The molecule has 0 bridgehead atoms. The van der Waals surface area contributed by atoms with Crippen molar-refractivity contribution < 1.29 is 13.9 Å². The lowest BCUT2D eigenvalue weighted by Crippen LogP contribution is -2.39. The lowest BCUT2D eigenvalue weighted by molar-refractivity contribution is 0.0691. The summed E-state index contributed by atoms with van der Waals surface area (Å²) in [5, 5.41) is 0. The van der Waals surface area contributed by atoms with Crippen LogP contribution in [0, 0.1) is 6.92 Å². The number of piperidine rings is 1. The zero-order valence-corrected chi connectivity index (χ0v) is 16.8. The first kappa shape index (κ1) is 19.2. The van der Waals surface area contributed by atoms with Crippen molar-refractivity contribution in [3.05, 3.63) is 77.3 Å². The van der Waals surface area contributed by atoms with E-state index in [0.29, 0.717) is 24.6 Å². The Morgan fingerprint density at radius 1 is 1.28 bits per heavy atom. The number of carbonyl (C=O) groups is 1. The summed E-state index contributed by atoms with van der Waals surface area (Å²) < 4.78 is 11.3. The number of oxazole rings is 1. The quantitative estimate of drug-likeness (QED) is 0.658. The van der Waals surface area contributed by atoms with Crippen LogP contribution in [0.3, 0.4) is 0 Å². The monoisotopic (exact) mass is 391 g/mol. The van der Waals surface area contributed by atoms with Crippen molar-refractivity contribution in [1.82, 2.24) is 14.9 Å². The molecule has 3 heterocycles. The summed E-state index contributed by atoms with van der Waals surface area (Å²) in [7, 11) is 1.66. The van der Waals surface area contributed by atoms with Crippen LogP contribution in [0.25, 0.3) is 0 Å². The largest absolute Gasteiger partial charge is 0.497 e. The number of carbonyl (C=O) groups excluding carboxylic acids is 1. The van der Waals surface area contributed by atoms with E-state index in [0.717, 1.165) is 42.2 Å². The Morgan fingerprint density at radius 3 is 2.97 bits per heavy atom. The molecule has 1 amide bonds. The second-order valence-electron chi connectivity index (χ2n) is 7.45. The van der Waals surface area contributed by atoms with Gasteiger partial charge in [-0.15, -0.1) is 0 Å². The van der Waals surface area contributed by atoms with Crippen molar-refractivity contribution in [3.63, 3.8) is 0 Å². The number of aromatic nitrogens is 2. The maximum atomic E-state index is 12.8. The molecule has 29 heavy (non-hydrogen) atoms. The van der Waals surface area contributed by atoms with Crippen LogP contribution in [0.15, 0.2) is 53.1 Å². The molecule has 3 aromatic rings. The van der Waals surface area contributed by atoms with Gasteiger partial charge >= 0.3 is 0 Å². The molecule has 0 radical (unpaired) electrons. The molecule has 4 rings (SSSR count). The Balaban J connectivity index is 1.44. The summed E-state index contributed by atoms with van der Waals surface area (Å²) in [6.07, 6.45) is 4.34. The van der Waals surface area contributed by atoms with Gasteiger partial charge in [0.1, 0.15) is 17.2 Å². The number of benzene rings is 1. The van der Waals surface area contributed by atoms with Gasteiger partial charge in [0.15, 0.2) is 5.89 Å². The third-order valence-corrected chi connectivity index (χ3v) is 5.25. The van der Waals surface area contributed by atoms with Crippen LogP contribution < -0.4 is 4.74 Å². The van der Waals surface area contributed by atoms with Gasteiger partial charge in [0.25, 0.3) is 5.91 Å². The fourth-order valence-corrected chi connectivity index (χ4v) is 3.76. The van der Waals surface area contributed by atoms with Crippen LogP contribution in [0.1, 0.15) is 52.2 Å². The summed E-state index contributed by atoms with van der Waals surface area (Å²) in [4.78, 5) is 23.6. The first-order valence-corrected chi connectivity index (χ1v) is 9.93. The molecule has 1 fully saturated rings. The van der Waals surface area contributed by atoms with E-state index < -0.39 is 0 Å². The van der Waals surface area contributed by atoms with Crippen molar-refractivity contribution >= 4 is 5.91 Å². The van der Waals surface area contributed by atoms with E-state index in [1.165, 1.54) is 0 Å². The first-order valence-electron chi connectivity index (χ1n) is 9.93. The van der Waals surface area contributed by atoms with Gasteiger partial charge in [-0.3, -0.25) is 4.79 Å². The Bertz CT molecular complexity index is 998. The maximum Gasteiger partial charge on any atom is 0.272 e. The lowest BCUT2D eigenvalue weighted by Gasteiger charge is -2.31. The molecule has 6 heteroatoms. The van der Waals surface area contributed by atoms with Crippen molar-refractivity contribution in [2.45, 2.75) is 32.1 Å². The summed E-state index contributed by atoms with van der Waals surface area (Å²) in [6.45, 7) is 3.24.